The highest BCUT2D eigenvalue weighted by Crippen LogP contribution is 2.52. The van der Waals surface area contributed by atoms with Crippen molar-refractivity contribution in [1.82, 2.24) is 4.90 Å². The van der Waals surface area contributed by atoms with Crippen LogP contribution in [0.4, 0.5) is 0 Å². The van der Waals surface area contributed by atoms with Crippen LogP contribution in [0, 0.1) is 11.3 Å². The van der Waals surface area contributed by atoms with Crippen LogP contribution >= 0.6 is 0 Å². The van der Waals surface area contributed by atoms with Crippen LogP contribution in [0.3, 0.4) is 0 Å². The van der Waals surface area contributed by atoms with Gasteiger partial charge in [-0.3, -0.25) is 9.69 Å². The average Bonchev–Trinajstić information content (AvgIpc) is 1.98. The van der Waals surface area contributed by atoms with Gasteiger partial charge in [-0.15, -0.1) is 0 Å². The van der Waals surface area contributed by atoms with E-state index in [1.54, 1.807) is 0 Å². The van der Waals surface area contributed by atoms with Crippen molar-refractivity contribution in [3.63, 3.8) is 0 Å². The highest BCUT2D eigenvalue weighted by Gasteiger charge is 2.53. The van der Waals surface area contributed by atoms with E-state index in [0.717, 1.165) is 12.8 Å². The highest BCUT2D eigenvalue weighted by atomic mass is 16.1. The first-order valence-corrected chi connectivity index (χ1v) is 5.47. The standard InChI is InChI=1S/C12H19NO/c1-4-11(14)10-5-12(6-10)7-13(8-12)9(2)3/h4,9-10H,1,5-8H2,2-3H3. The first-order chi connectivity index (χ1) is 6.56. The largest absolute Gasteiger partial charge is 0.300 e. The van der Waals surface area contributed by atoms with Crippen LogP contribution in [0.2, 0.25) is 0 Å². The zero-order chi connectivity index (χ0) is 10.3. The van der Waals surface area contributed by atoms with Crippen molar-refractivity contribution in [2.24, 2.45) is 11.3 Å². The van der Waals surface area contributed by atoms with Crippen LogP contribution in [0.15, 0.2) is 12.7 Å². The van der Waals surface area contributed by atoms with Gasteiger partial charge in [-0.1, -0.05) is 6.58 Å². The fraction of sp³-hybridized carbons (Fsp3) is 0.750. The third-order valence-electron chi connectivity index (χ3n) is 3.77. The lowest BCUT2D eigenvalue weighted by molar-refractivity contribution is -0.140. The molecule has 1 saturated carbocycles. The van der Waals surface area contributed by atoms with Crippen molar-refractivity contribution in [3.05, 3.63) is 12.7 Å². The molecule has 1 aliphatic heterocycles. The molecule has 0 aromatic rings. The molecule has 1 aliphatic carbocycles. The zero-order valence-electron chi connectivity index (χ0n) is 9.12. The number of carbonyl (C=O) groups excluding carboxylic acids is 1. The summed E-state index contributed by atoms with van der Waals surface area (Å²) in [6.45, 7) is 10.4. The Kier molecular flexibility index (Phi) is 2.26. The molecule has 0 aromatic heterocycles. The fourth-order valence-corrected chi connectivity index (χ4v) is 2.79. The van der Waals surface area contributed by atoms with Gasteiger partial charge in [-0.2, -0.15) is 0 Å². The van der Waals surface area contributed by atoms with Crippen LogP contribution in [-0.2, 0) is 4.79 Å². The smallest absolute Gasteiger partial charge is 0.158 e. The Morgan fingerprint density at radius 1 is 1.50 bits per heavy atom. The molecular formula is C12H19NO. The van der Waals surface area contributed by atoms with E-state index < -0.39 is 0 Å². The lowest BCUT2D eigenvalue weighted by atomic mass is 9.56. The second-order valence-corrected chi connectivity index (χ2v) is 5.21. The Balaban J connectivity index is 1.79. The second-order valence-electron chi connectivity index (χ2n) is 5.21. The Bertz CT molecular complexity index is 255. The van der Waals surface area contributed by atoms with Gasteiger partial charge in [0, 0.05) is 25.0 Å². The summed E-state index contributed by atoms with van der Waals surface area (Å²) in [6.07, 6.45) is 3.68. The van der Waals surface area contributed by atoms with Crippen molar-refractivity contribution in [3.8, 4) is 0 Å². The van der Waals surface area contributed by atoms with Crippen LogP contribution in [0.5, 0.6) is 0 Å². The van der Waals surface area contributed by atoms with Gasteiger partial charge in [0.15, 0.2) is 5.78 Å². The highest BCUT2D eigenvalue weighted by molar-refractivity contribution is 5.92. The summed E-state index contributed by atoms with van der Waals surface area (Å²) in [5.74, 6) is 0.542. The lowest BCUT2D eigenvalue weighted by Gasteiger charge is -2.60. The fourth-order valence-electron chi connectivity index (χ4n) is 2.79. The lowest BCUT2D eigenvalue weighted by Crippen LogP contribution is -2.64. The van der Waals surface area contributed by atoms with Gasteiger partial charge in [-0.05, 0) is 38.2 Å². The van der Waals surface area contributed by atoms with Crippen molar-refractivity contribution >= 4 is 5.78 Å². The molecule has 2 aliphatic rings. The first-order valence-electron chi connectivity index (χ1n) is 5.47. The molecule has 1 saturated heterocycles. The number of nitrogens with zero attached hydrogens (tertiary/aromatic N) is 1. The van der Waals surface area contributed by atoms with Crippen molar-refractivity contribution < 1.29 is 4.79 Å². The number of hydrogen-bond acceptors (Lipinski definition) is 2. The normalized spacial score (nSPS) is 25.9. The first kappa shape index (κ1) is 9.91. The van der Waals surface area contributed by atoms with E-state index in [1.165, 1.54) is 19.2 Å². The molecule has 0 amide bonds. The third kappa shape index (κ3) is 1.42. The topological polar surface area (TPSA) is 20.3 Å². The Labute approximate surface area is 86.0 Å². The molecule has 2 fully saturated rings. The van der Waals surface area contributed by atoms with Crippen LogP contribution < -0.4 is 0 Å². The molecule has 0 atom stereocenters. The van der Waals surface area contributed by atoms with E-state index in [0.29, 0.717) is 17.4 Å². The van der Waals surface area contributed by atoms with Crippen molar-refractivity contribution in [1.29, 1.82) is 0 Å². The van der Waals surface area contributed by atoms with E-state index in [9.17, 15) is 4.79 Å². The van der Waals surface area contributed by atoms with Crippen LogP contribution in [0.1, 0.15) is 26.7 Å². The molecule has 14 heavy (non-hydrogen) atoms. The molecule has 78 valence electrons. The SMILES string of the molecule is C=CC(=O)C1CC2(C1)CN(C(C)C)C2. The maximum Gasteiger partial charge on any atom is 0.158 e. The second kappa shape index (κ2) is 3.20. The van der Waals surface area contributed by atoms with Crippen LogP contribution in [0.25, 0.3) is 0 Å². The Morgan fingerprint density at radius 2 is 2.07 bits per heavy atom. The minimum absolute atomic E-state index is 0.249. The minimum atomic E-state index is 0.249. The summed E-state index contributed by atoms with van der Waals surface area (Å²) < 4.78 is 0. The summed E-state index contributed by atoms with van der Waals surface area (Å²) in [5, 5.41) is 0. The van der Waals surface area contributed by atoms with Crippen molar-refractivity contribution in [2.45, 2.75) is 32.7 Å². The Hall–Kier alpha value is -0.630. The van der Waals surface area contributed by atoms with Gasteiger partial charge in [0.25, 0.3) is 0 Å². The molecular weight excluding hydrogens is 174 g/mol. The van der Waals surface area contributed by atoms with Gasteiger partial charge in [0.05, 0.1) is 0 Å². The molecule has 2 heteroatoms. The summed E-state index contributed by atoms with van der Waals surface area (Å²) >= 11 is 0. The summed E-state index contributed by atoms with van der Waals surface area (Å²) in [5.41, 5.74) is 0.508. The minimum Gasteiger partial charge on any atom is -0.300 e. The molecule has 0 unspecified atom stereocenters. The van der Waals surface area contributed by atoms with E-state index in [2.05, 4.69) is 25.3 Å². The monoisotopic (exact) mass is 193 g/mol. The Morgan fingerprint density at radius 3 is 2.50 bits per heavy atom. The number of hydrogen-bond donors (Lipinski definition) is 0. The maximum absolute atomic E-state index is 11.3. The van der Waals surface area contributed by atoms with E-state index in [1.807, 2.05) is 0 Å². The zero-order valence-corrected chi connectivity index (χ0v) is 9.12. The van der Waals surface area contributed by atoms with E-state index >= 15 is 0 Å². The molecule has 1 heterocycles. The summed E-state index contributed by atoms with van der Waals surface area (Å²) in [7, 11) is 0. The summed E-state index contributed by atoms with van der Waals surface area (Å²) in [6, 6.07) is 0.662. The van der Waals surface area contributed by atoms with Gasteiger partial charge in [0.2, 0.25) is 0 Å². The molecule has 0 N–H and O–H groups in total. The molecule has 0 aromatic carbocycles. The predicted octanol–water partition coefficient (Wildman–Crippen LogP) is 1.86. The van der Waals surface area contributed by atoms with E-state index in [-0.39, 0.29) is 5.78 Å². The number of carbonyl (C=O) groups is 1. The van der Waals surface area contributed by atoms with Gasteiger partial charge in [-0.25, -0.2) is 0 Å². The van der Waals surface area contributed by atoms with E-state index in [4.69, 9.17) is 0 Å². The van der Waals surface area contributed by atoms with Crippen LogP contribution in [-0.4, -0.2) is 29.8 Å². The van der Waals surface area contributed by atoms with Gasteiger partial charge < -0.3 is 0 Å². The number of likely N-dealkylation sites (tertiary alicyclic amines) is 1. The van der Waals surface area contributed by atoms with Crippen molar-refractivity contribution in [2.75, 3.05) is 13.1 Å². The molecule has 2 nitrogen and oxygen atoms in total. The number of rotatable bonds is 3. The molecule has 0 bridgehead atoms. The quantitative estimate of drug-likeness (QED) is 0.638. The predicted molar refractivity (Wildman–Crippen MR) is 57.1 cm³/mol. The molecule has 0 radical (unpaired) electrons. The molecule has 2 rings (SSSR count). The van der Waals surface area contributed by atoms with Gasteiger partial charge >= 0.3 is 0 Å². The third-order valence-corrected chi connectivity index (χ3v) is 3.77. The summed E-state index contributed by atoms with van der Waals surface area (Å²) in [4.78, 5) is 13.8. The average molecular weight is 193 g/mol. The molecule has 1 spiro atoms. The number of ketones is 1. The maximum atomic E-state index is 11.3. The number of allylic oxidation sites excluding steroid dienone is 1. The van der Waals surface area contributed by atoms with Gasteiger partial charge in [0.1, 0.15) is 0 Å².